The van der Waals surface area contributed by atoms with E-state index in [-0.39, 0.29) is 5.91 Å². The lowest BCUT2D eigenvalue weighted by molar-refractivity contribution is -0.146. The fourth-order valence-corrected chi connectivity index (χ4v) is 4.41. The highest BCUT2D eigenvalue weighted by Crippen LogP contribution is 2.38. The zero-order chi connectivity index (χ0) is 22.8. The third-order valence-electron chi connectivity index (χ3n) is 6.20. The Kier molecular flexibility index (Phi) is 5.56. The summed E-state index contributed by atoms with van der Waals surface area (Å²) in [5.41, 5.74) is 3.83. The average Bonchev–Trinajstić information content (AvgIpc) is 3.33. The van der Waals surface area contributed by atoms with Gasteiger partial charge in [0.1, 0.15) is 0 Å². The summed E-state index contributed by atoms with van der Waals surface area (Å²) in [5.74, 6) is -1.54. The van der Waals surface area contributed by atoms with Gasteiger partial charge in [0.25, 0.3) is 11.8 Å². The molecule has 2 aliphatic heterocycles. The van der Waals surface area contributed by atoms with Gasteiger partial charge in [0.2, 0.25) is 5.78 Å². The third kappa shape index (κ3) is 3.95. The lowest BCUT2D eigenvalue weighted by atomic mass is 9.95. The first-order valence-corrected chi connectivity index (χ1v) is 10.9. The van der Waals surface area contributed by atoms with E-state index in [1.165, 1.54) is 0 Å². The van der Waals surface area contributed by atoms with Crippen molar-refractivity contribution in [2.75, 3.05) is 38.0 Å². The minimum atomic E-state index is -0.555. The van der Waals surface area contributed by atoms with Gasteiger partial charge < -0.3 is 15.1 Å². The summed E-state index contributed by atoms with van der Waals surface area (Å²) in [6.45, 7) is 1.85. The van der Waals surface area contributed by atoms with Crippen LogP contribution in [-0.2, 0) is 9.59 Å². The highest BCUT2D eigenvalue weighted by atomic mass is 16.2. The molecule has 5 rings (SSSR count). The Hall–Kier alpha value is -4.07. The Morgan fingerprint density at radius 2 is 1.55 bits per heavy atom. The fourth-order valence-electron chi connectivity index (χ4n) is 4.41. The molecule has 0 spiro atoms. The number of anilines is 1. The van der Waals surface area contributed by atoms with Crippen molar-refractivity contribution < 1.29 is 14.4 Å². The Balaban J connectivity index is 1.27. The maximum Gasteiger partial charge on any atom is 0.290 e. The summed E-state index contributed by atoms with van der Waals surface area (Å²) in [6.07, 6.45) is 5.06. The van der Waals surface area contributed by atoms with E-state index in [0.29, 0.717) is 38.3 Å². The van der Waals surface area contributed by atoms with Gasteiger partial charge in [-0.25, -0.2) is 0 Å². The largest absolute Gasteiger partial charge is 0.382 e. The van der Waals surface area contributed by atoms with Crippen molar-refractivity contribution in [2.24, 2.45) is 0 Å². The van der Waals surface area contributed by atoms with Crippen LogP contribution in [0.2, 0.25) is 0 Å². The first-order chi connectivity index (χ1) is 16.1. The molecule has 1 fully saturated rings. The van der Waals surface area contributed by atoms with Crippen LogP contribution < -0.4 is 5.32 Å². The Morgan fingerprint density at radius 3 is 2.27 bits per heavy atom. The summed E-state index contributed by atoms with van der Waals surface area (Å²) >= 11 is 0. The predicted molar refractivity (Wildman–Crippen MR) is 123 cm³/mol. The van der Waals surface area contributed by atoms with Crippen LogP contribution >= 0.6 is 0 Å². The van der Waals surface area contributed by atoms with Gasteiger partial charge in [0.05, 0.1) is 17.3 Å². The van der Waals surface area contributed by atoms with Gasteiger partial charge in [-0.2, -0.15) is 0 Å². The van der Waals surface area contributed by atoms with E-state index in [1.807, 2.05) is 30.3 Å². The molecule has 0 saturated carbocycles. The molecule has 2 aromatic heterocycles. The zero-order valence-electron chi connectivity index (χ0n) is 18.0. The topological polar surface area (TPSA) is 95.5 Å². The second kappa shape index (κ2) is 8.82. The van der Waals surface area contributed by atoms with Crippen LogP contribution in [0.15, 0.2) is 67.1 Å². The molecule has 2 amide bonds. The SMILES string of the molecule is O=C(C(=O)N1CCN(C(=O)c2ccccc2)CC1)C1CNc2c1ccnc2-c1ccncc1. The van der Waals surface area contributed by atoms with E-state index in [0.717, 1.165) is 22.5 Å². The number of nitrogens with one attached hydrogen (secondary N) is 1. The molecule has 0 bridgehead atoms. The van der Waals surface area contributed by atoms with Crippen LogP contribution in [-0.4, -0.2) is 70.1 Å². The van der Waals surface area contributed by atoms with E-state index in [1.54, 1.807) is 46.6 Å². The number of ketones is 1. The normalized spacial score (nSPS) is 17.3. The van der Waals surface area contributed by atoms with E-state index in [2.05, 4.69) is 15.3 Å². The number of aromatic nitrogens is 2. The molecule has 1 unspecified atom stereocenters. The maximum atomic E-state index is 13.1. The number of piperazine rings is 1. The summed E-state index contributed by atoms with van der Waals surface area (Å²) in [4.78, 5) is 50.6. The number of fused-ring (bicyclic) bond motifs is 1. The van der Waals surface area contributed by atoms with Gasteiger partial charge in [0.15, 0.2) is 0 Å². The average molecular weight is 441 g/mol. The fraction of sp³-hybridized carbons (Fsp3) is 0.240. The number of hydrogen-bond acceptors (Lipinski definition) is 6. The summed E-state index contributed by atoms with van der Waals surface area (Å²) in [6, 6.07) is 14.6. The van der Waals surface area contributed by atoms with E-state index in [9.17, 15) is 14.4 Å². The number of nitrogens with zero attached hydrogens (tertiary/aromatic N) is 4. The molecule has 1 saturated heterocycles. The second-order valence-electron chi connectivity index (χ2n) is 8.11. The van der Waals surface area contributed by atoms with E-state index in [4.69, 9.17) is 0 Å². The van der Waals surface area contributed by atoms with Crippen LogP contribution in [0.4, 0.5) is 5.69 Å². The Labute approximate surface area is 191 Å². The highest BCUT2D eigenvalue weighted by molar-refractivity contribution is 6.38. The number of benzene rings is 1. The first-order valence-electron chi connectivity index (χ1n) is 10.9. The van der Waals surface area contributed by atoms with E-state index < -0.39 is 17.6 Å². The summed E-state index contributed by atoms with van der Waals surface area (Å²) < 4.78 is 0. The van der Waals surface area contributed by atoms with Crippen LogP contribution in [0.25, 0.3) is 11.3 Å². The molecule has 8 nitrogen and oxygen atoms in total. The Bertz CT molecular complexity index is 1190. The number of rotatable bonds is 4. The lowest BCUT2D eigenvalue weighted by Crippen LogP contribution is -2.52. The van der Waals surface area contributed by atoms with Gasteiger partial charge >= 0.3 is 0 Å². The molecule has 2 aliphatic rings. The number of hydrogen-bond donors (Lipinski definition) is 1. The van der Waals surface area contributed by atoms with Crippen molar-refractivity contribution in [3.63, 3.8) is 0 Å². The van der Waals surface area contributed by atoms with E-state index >= 15 is 0 Å². The van der Waals surface area contributed by atoms with Gasteiger partial charge in [0, 0.05) is 62.4 Å². The predicted octanol–water partition coefficient (Wildman–Crippen LogP) is 2.21. The quantitative estimate of drug-likeness (QED) is 0.624. The van der Waals surface area contributed by atoms with Crippen molar-refractivity contribution in [2.45, 2.75) is 5.92 Å². The number of Topliss-reactive ketones (excluding diaryl/α,β-unsaturated/α-hetero) is 1. The molecule has 1 atom stereocenters. The lowest BCUT2D eigenvalue weighted by Gasteiger charge is -2.34. The molecule has 8 heteroatoms. The smallest absolute Gasteiger partial charge is 0.290 e. The third-order valence-corrected chi connectivity index (χ3v) is 6.20. The molecule has 4 heterocycles. The number of carbonyl (C=O) groups is 3. The van der Waals surface area contributed by atoms with Crippen molar-refractivity contribution in [3.8, 4) is 11.3 Å². The van der Waals surface area contributed by atoms with Gasteiger partial charge in [-0.05, 0) is 35.9 Å². The molecule has 33 heavy (non-hydrogen) atoms. The number of carbonyl (C=O) groups excluding carboxylic acids is 3. The Morgan fingerprint density at radius 1 is 0.848 bits per heavy atom. The minimum absolute atomic E-state index is 0.0564. The van der Waals surface area contributed by atoms with Crippen LogP contribution in [0.5, 0.6) is 0 Å². The molecular weight excluding hydrogens is 418 g/mol. The van der Waals surface area contributed by atoms with Crippen LogP contribution in [0.3, 0.4) is 0 Å². The highest BCUT2D eigenvalue weighted by Gasteiger charge is 2.37. The van der Waals surface area contributed by atoms with Crippen molar-refractivity contribution in [1.82, 2.24) is 19.8 Å². The van der Waals surface area contributed by atoms with Gasteiger partial charge in [-0.15, -0.1) is 0 Å². The monoisotopic (exact) mass is 441 g/mol. The van der Waals surface area contributed by atoms with Crippen LogP contribution in [0.1, 0.15) is 21.8 Å². The summed E-state index contributed by atoms with van der Waals surface area (Å²) in [5, 5.41) is 3.27. The second-order valence-corrected chi connectivity index (χ2v) is 8.11. The molecule has 0 radical (unpaired) electrons. The van der Waals surface area contributed by atoms with Gasteiger partial charge in [-0.3, -0.25) is 24.4 Å². The van der Waals surface area contributed by atoms with Crippen molar-refractivity contribution in [3.05, 3.63) is 78.2 Å². The number of amides is 2. The standard InChI is InChI=1S/C25H23N5O3/c31-23(20-16-28-22-19(20)8-11-27-21(22)17-6-9-26-10-7-17)25(33)30-14-12-29(13-15-30)24(32)18-4-2-1-3-5-18/h1-11,20,28H,12-16H2. The molecule has 0 aliphatic carbocycles. The van der Waals surface area contributed by atoms with Gasteiger partial charge in [-0.1, -0.05) is 18.2 Å². The zero-order valence-corrected chi connectivity index (χ0v) is 18.0. The van der Waals surface area contributed by atoms with Crippen molar-refractivity contribution in [1.29, 1.82) is 0 Å². The molecular formula is C25H23N5O3. The first kappa shape index (κ1) is 20.8. The van der Waals surface area contributed by atoms with Crippen molar-refractivity contribution >= 4 is 23.3 Å². The molecule has 1 N–H and O–H groups in total. The summed E-state index contributed by atoms with van der Waals surface area (Å²) in [7, 11) is 0. The van der Waals surface area contributed by atoms with Crippen LogP contribution in [0, 0.1) is 0 Å². The maximum absolute atomic E-state index is 13.1. The number of pyridine rings is 2. The molecule has 3 aromatic rings. The molecule has 1 aromatic carbocycles. The molecule has 166 valence electrons. The minimum Gasteiger partial charge on any atom is -0.382 e.